The van der Waals surface area contributed by atoms with Gasteiger partial charge in [0.1, 0.15) is 5.60 Å². The van der Waals surface area contributed by atoms with Crippen molar-refractivity contribution in [2.45, 2.75) is 18.1 Å². The van der Waals surface area contributed by atoms with Crippen molar-refractivity contribution in [3.63, 3.8) is 0 Å². The first-order valence-corrected chi connectivity index (χ1v) is 8.51. The summed E-state index contributed by atoms with van der Waals surface area (Å²) >= 11 is 0. The molecule has 1 N–H and O–H groups in total. The highest BCUT2D eigenvalue weighted by atomic mass is 16.5. The highest BCUT2D eigenvalue weighted by Gasteiger charge is 2.65. The Bertz CT molecular complexity index is 917. The maximum absolute atomic E-state index is 12.8. The minimum atomic E-state index is -1.20. The third-order valence-corrected chi connectivity index (χ3v) is 5.78. The molecule has 0 saturated carbocycles. The van der Waals surface area contributed by atoms with Crippen LogP contribution in [0.5, 0.6) is 0 Å². The summed E-state index contributed by atoms with van der Waals surface area (Å²) < 4.78 is 5.87. The summed E-state index contributed by atoms with van der Waals surface area (Å²) in [5.41, 5.74) is 1.44. The number of para-hydroxylation sites is 1. The first-order valence-electron chi connectivity index (χ1n) is 8.51. The zero-order chi connectivity index (χ0) is 17.2. The van der Waals surface area contributed by atoms with Crippen molar-refractivity contribution in [2.75, 3.05) is 13.1 Å². The van der Waals surface area contributed by atoms with E-state index < -0.39 is 29.5 Å². The van der Waals surface area contributed by atoms with E-state index in [4.69, 9.17) is 4.74 Å². The number of nitrogens with zero attached hydrogens (tertiary/aromatic N) is 1. The summed E-state index contributed by atoms with van der Waals surface area (Å²) in [7, 11) is 0. The Labute approximate surface area is 144 Å². The third kappa shape index (κ3) is 1.94. The van der Waals surface area contributed by atoms with E-state index in [9.17, 15) is 14.7 Å². The number of aliphatic carboxylic acids is 1. The van der Waals surface area contributed by atoms with Gasteiger partial charge in [0, 0.05) is 35.5 Å². The minimum Gasteiger partial charge on any atom is -0.550 e. The topological polar surface area (TPSA) is 85.5 Å². The number of H-pyrrole nitrogens is 1. The molecular weight excluding hydrogens is 320 g/mol. The molecule has 1 aromatic carbocycles. The lowest BCUT2D eigenvalue weighted by atomic mass is 9.77. The van der Waals surface area contributed by atoms with Gasteiger partial charge >= 0.3 is 0 Å². The number of amides is 1. The second-order valence-electron chi connectivity index (χ2n) is 7.09. The number of benzene rings is 1. The molecule has 6 heteroatoms. The number of fused-ring (bicyclic) bond motifs is 2. The lowest BCUT2D eigenvalue weighted by molar-refractivity contribution is -0.313. The van der Waals surface area contributed by atoms with Crippen LogP contribution < -0.4 is 5.11 Å². The molecule has 0 aliphatic carbocycles. The largest absolute Gasteiger partial charge is 0.550 e. The fourth-order valence-electron chi connectivity index (χ4n) is 4.63. The molecule has 0 unspecified atom stereocenters. The van der Waals surface area contributed by atoms with E-state index in [2.05, 4.69) is 11.1 Å². The van der Waals surface area contributed by atoms with E-state index in [-0.39, 0.29) is 5.91 Å². The number of carbonyl (C=O) groups is 2. The molecule has 2 fully saturated rings. The maximum atomic E-state index is 12.8. The van der Waals surface area contributed by atoms with Gasteiger partial charge in [0.05, 0.1) is 18.6 Å². The lowest BCUT2D eigenvalue weighted by Gasteiger charge is -2.24. The first kappa shape index (κ1) is 14.7. The van der Waals surface area contributed by atoms with E-state index >= 15 is 0 Å². The number of rotatable bonds is 4. The molecule has 1 amide bonds. The summed E-state index contributed by atoms with van der Waals surface area (Å²) in [4.78, 5) is 29.3. The van der Waals surface area contributed by atoms with Gasteiger partial charge in [-0.1, -0.05) is 30.4 Å². The van der Waals surface area contributed by atoms with Crippen LogP contribution in [0.3, 0.4) is 0 Å². The summed E-state index contributed by atoms with van der Waals surface area (Å²) in [6, 6.07) is 8.05. The van der Waals surface area contributed by atoms with Crippen molar-refractivity contribution in [3.05, 3.63) is 48.2 Å². The number of carbonyl (C=O) groups excluding carboxylic acids is 2. The number of nitrogens with one attached hydrogen (secondary N) is 1. The van der Waals surface area contributed by atoms with Gasteiger partial charge in [-0.15, -0.1) is 0 Å². The molecule has 2 saturated heterocycles. The predicted octanol–water partition coefficient (Wildman–Crippen LogP) is 0.242. The van der Waals surface area contributed by atoms with E-state index in [1.807, 2.05) is 30.5 Å². The fraction of sp³-hybridized carbons (Fsp3) is 0.368. The van der Waals surface area contributed by atoms with Gasteiger partial charge < -0.3 is 24.5 Å². The van der Waals surface area contributed by atoms with Crippen LogP contribution in [0, 0.1) is 11.8 Å². The highest BCUT2D eigenvalue weighted by molar-refractivity contribution is 5.90. The van der Waals surface area contributed by atoms with E-state index in [0.717, 1.165) is 16.5 Å². The lowest BCUT2D eigenvalue weighted by Crippen LogP contribution is -2.45. The van der Waals surface area contributed by atoms with Gasteiger partial charge in [0.15, 0.2) is 0 Å². The summed E-state index contributed by atoms with van der Waals surface area (Å²) in [6.07, 6.45) is 5.77. The monoisotopic (exact) mass is 337 g/mol. The van der Waals surface area contributed by atoms with Gasteiger partial charge in [0.2, 0.25) is 5.91 Å². The van der Waals surface area contributed by atoms with E-state index in [1.54, 1.807) is 11.0 Å². The number of aromatic nitrogens is 1. The molecule has 0 radical (unpaired) electrons. The molecular formula is C19H17N2O4-. The number of hydrogen-bond donors (Lipinski definition) is 1. The van der Waals surface area contributed by atoms with Gasteiger partial charge in [0.25, 0.3) is 0 Å². The predicted molar refractivity (Wildman–Crippen MR) is 87.3 cm³/mol. The van der Waals surface area contributed by atoms with E-state index in [0.29, 0.717) is 19.5 Å². The second kappa shape index (κ2) is 4.95. The zero-order valence-electron chi connectivity index (χ0n) is 13.5. The number of carboxylic acids is 1. The van der Waals surface area contributed by atoms with Crippen LogP contribution in [0.2, 0.25) is 0 Å². The van der Waals surface area contributed by atoms with E-state index in [1.165, 1.54) is 0 Å². The van der Waals surface area contributed by atoms with Gasteiger partial charge in [-0.05, 0) is 18.1 Å². The van der Waals surface area contributed by atoms with Crippen LogP contribution >= 0.6 is 0 Å². The highest BCUT2D eigenvalue weighted by Crippen LogP contribution is 2.51. The molecule has 4 heterocycles. The molecule has 1 spiro atoms. The Morgan fingerprint density at radius 2 is 2.24 bits per heavy atom. The SMILES string of the molecule is O=C([O-])[C@@H]1[C@H]2C(=O)N(CCc3c[nH]c4ccccc34)C[C@]23C=C[C@H]1O3. The van der Waals surface area contributed by atoms with Gasteiger partial charge in [-0.25, -0.2) is 0 Å². The van der Waals surface area contributed by atoms with Crippen LogP contribution in [0.1, 0.15) is 5.56 Å². The Kier molecular flexibility index (Phi) is 2.92. The smallest absolute Gasteiger partial charge is 0.229 e. The molecule has 2 aromatic rings. The number of aromatic amines is 1. The average Bonchev–Trinajstić information content (AvgIpc) is 3.33. The third-order valence-electron chi connectivity index (χ3n) is 5.78. The molecule has 128 valence electrons. The van der Waals surface area contributed by atoms with Crippen LogP contribution in [-0.2, 0) is 20.7 Å². The van der Waals surface area contributed by atoms with Crippen molar-refractivity contribution >= 4 is 22.8 Å². The molecule has 3 aliphatic heterocycles. The molecule has 2 bridgehead atoms. The Morgan fingerprint density at radius 1 is 1.40 bits per heavy atom. The number of carboxylic acid groups (broad SMARTS) is 1. The average molecular weight is 337 g/mol. The van der Waals surface area contributed by atoms with Gasteiger partial charge in [-0.3, -0.25) is 4.79 Å². The van der Waals surface area contributed by atoms with Gasteiger partial charge in [-0.2, -0.15) is 0 Å². The molecule has 4 atom stereocenters. The Hall–Kier alpha value is -2.60. The normalized spacial score (nSPS) is 32.7. The first-order chi connectivity index (χ1) is 12.1. The zero-order valence-corrected chi connectivity index (χ0v) is 13.5. The summed E-state index contributed by atoms with van der Waals surface area (Å²) in [5, 5.41) is 12.6. The fourth-order valence-corrected chi connectivity index (χ4v) is 4.63. The van der Waals surface area contributed by atoms with Crippen LogP contribution in [-0.4, -0.2) is 46.6 Å². The quantitative estimate of drug-likeness (QED) is 0.810. The van der Waals surface area contributed by atoms with Crippen molar-refractivity contribution in [3.8, 4) is 0 Å². The Balaban J connectivity index is 1.37. The number of likely N-dealkylation sites (tertiary alicyclic amines) is 1. The maximum Gasteiger partial charge on any atom is 0.229 e. The van der Waals surface area contributed by atoms with Crippen LogP contribution in [0.15, 0.2) is 42.6 Å². The van der Waals surface area contributed by atoms with Crippen molar-refractivity contribution < 1.29 is 19.4 Å². The van der Waals surface area contributed by atoms with Crippen molar-refractivity contribution in [1.29, 1.82) is 0 Å². The summed E-state index contributed by atoms with van der Waals surface area (Å²) in [6.45, 7) is 0.955. The molecule has 5 rings (SSSR count). The Morgan fingerprint density at radius 3 is 3.08 bits per heavy atom. The standard InChI is InChI=1S/C19H18N2O4/c22-17-16-15(18(23)24)14-5-7-19(16,25-14)10-21(17)8-6-11-9-20-13-4-2-1-3-12(11)13/h1-5,7,9,14-16,20H,6,8,10H2,(H,23,24)/p-1/t14-,15+,16+,19-/m1/s1. The number of hydrogen-bond acceptors (Lipinski definition) is 4. The van der Waals surface area contributed by atoms with Crippen LogP contribution in [0.25, 0.3) is 10.9 Å². The molecule has 1 aromatic heterocycles. The molecule has 3 aliphatic rings. The molecule has 25 heavy (non-hydrogen) atoms. The minimum absolute atomic E-state index is 0.138. The van der Waals surface area contributed by atoms with Crippen LogP contribution in [0.4, 0.5) is 0 Å². The summed E-state index contributed by atoms with van der Waals surface area (Å²) in [5.74, 6) is -2.87. The van der Waals surface area contributed by atoms with Crippen molar-refractivity contribution in [2.24, 2.45) is 11.8 Å². The van der Waals surface area contributed by atoms with Crippen molar-refractivity contribution in [1.82, 2.24) is 9.88 Å². The second-order valence-corrected chi connectivity index (χ2v) is 7.09. The molecule has 6 nitrogen and oxygen atoms in total. The number of ether oxygens (including phenoxy) is 1.